The molecule has 2 heterocycles. The lowest BCUT2D eigenvalue weighted by molar-refractivity contribution is 0.242. The summed E-state index contributed by atoms with van der Waals surface area (Å²) in [7, 11) is 0. The van der Waals surface area contributed by atoms with Crippen LogP contribution < -0.4 is 5.32 Å². The van der Waals surface area contributed by atoms with E-state index in [1.807, 2.05) is 36.7 Å². The molecule has 4 heteroatoms. The van der Waals surface area contributed by atoms with E-state index in [4.69, 9.17) is 0 Å². The van der Waals surface area contributed by atoms with Gasteiger partial charge >= 0.3 is 0 Å². The lowest BCUT2D eigenvalue weighted by atomic mass is 9.96. The van der Waals surface area contributed by atoms with Gasteiger partial charge in [0.05, 0.1) is 11.4 Å². The van der Waals surface area contributed by atoms with Crippen LogP contribution in [0.15, 0.2) is 128 Å². The first-order valence-corrected chi connectivity index (χ1v) is 13.1. The van der Waals surface area contributed by atoms with Gasteiger partial charge in [-0.15, -0.1) is 0 Å². The minimum atomic E-state index is 0.749. The second kappa shape index (κ2) is 11.2. The Hall–Kier alpha value is -4.54. The Balaban J connectivity index is 1.29. The van der Waals surface area contributed by atoms with E-state index < -0.39 is 0 Å². The number of fused-ring (bicyclic) bond motifs is 2. The van der Waals surface area contributed by atoms with E-state index in [2.05, 4.69) is 111 Å². The molecule has 0 saturated carbocycles. The average molecular weight is 495 g/mol. The number of rotatable bonds is 9. The van der Waals surface area contributed by atoms with Crippen molar-refractivity contribution in [3.63, 3.8) is 0 Å². The molecule has 2 aromatic heterocycles. The molecule has 6 aromatic rings. The van der Waals surface area contributed by atoms with Gasteiger partial charge in [-0.05, 0) is 69.1 Å². The van der Waals surface area contributed by atoms with Gasteiger partial charge in [0.2, 0.25) is 0 Å². The number of pyridine rings is 2. The third kappa shape index (κ3) is 5.41. The fraction of sp³-hybridized carbons (Fsp3) is 0.118. The summed E-state index contributed by atoms with van der Waals surface area (Å²) in [6.45, 7) is 3.03. The van der Waals surface area contributed by atoms with Gasteiger partial charge in [0.15, 0.2) is 0 Å². The highest BCUT2D eigenvalue weighted by atomic mass is 15.1. The Labute approximate surface area is 223 Å². The molecule has 38 heavy (non-hydrogen) atoms. The van der Waals surface area contributed by atoms with Crippen molar-refractivity contribution in [1.82, 2.24) is 14.9 Å². The van der Waals surface area contributed by atoms with Crippen molar-refractivity contribution < 1.29 is 0 Å². The fourth-order valence-electron chi connectivity index (χ4n) is 5.16. The fourth-order valence-corrected chi connectivity index (χ4v) is 5.16. The van der Waals surface area contributed by atoms with Crippen molar-refractivity contribution in [2.24, 2.45) is 0 Å². The Morgan fingerprint density at radius 1 is 0.553 bits per heavy atom. The van der Waals surface area contributed by atoms with Crippen LogP contribution >= 0.6 is 0 Å². The maximum atomic E-state index is 4.58. The normalized spacial score (nSPS) is 11.3. The zero-order chi connectivity index (χ0) is 25.6. The molecule has 1 N–H and O–H groups in total. The van der Waals surface area contributed by atoms with Crippen molar-refractivity contribution in [1.29, 1.82) is 0 Å². The zero-order valence-electron chi connectivity index (χ0n) is 21.3. The SMILES string of the molecule is c1ccc(CN(Cc2ccccn2)Cc2ccccc2NCc2c3ccccc3cc3ccccc23)nc1. The maximum Gasteiger partial charge on any atom is 0.0544 e. The molecule has 4 nitrogen and oxygen atoms in total. The molecule has 0 aliphatic rings. The van der Waals surface area contributed by atoms with Gasteiger partial charge in [0.1, 0.15) is 0 Å². The molecular weight excluding hydrogens is 464 g/mol. The molecule has 0 bridgehead atoms. The monoisotopic (exact) mass is 494 g/mol. The van der Waals surface area contributed by atoms with Gasteiger partial charge in [-0.3, -0.25) is 14.9 Å². The quantitative estimate of drug-likeness (QED) is 0.210. The summed E-state index contributed by atoms with van der Waals surface area (Å²) in [5, 5.41) is 8.92. The lowest BCUT2D eigenvalue weighted by Gasteiger charge is -2.24. The second-order valence-corrected chi connectivity index (χ2v) is 9.60. The van der Waals surface area contributed by atoms with Gasteiger partial charge in [0.25, 0.3) is 0 Å². The standard InChI is InChI=1S/C34H30N4/c1-4-16-31-26(11-1)21-27-12-2-5-17-32(27)33(31)22-37-34-18-6-3-13-28(34)23-38(24-29-14-7-9-19-35-29)25-30-15-8-10-20-36-30/h1-21,37H,22-25H2. The number of nitrogens with one attached hydrogen (secondary N) is 1. The van der Waals surface area contributed by atoms with Gasteiger partial charge in [-0.2, -0.15) is 0 Å². The first kappa shape index (κ1) is 23.8. The molecular formula is C34H30N4. The van der Waals surface area contributed by atoms with Crippen LogP contribution in [0.1, 0.15) is 22.5 Å². The predicted molar refractivity (Wildman–Crippen MR) is 157 cm³/mol. The average Bonchev–Trinajstić information content (AvgIpc) is 2.97. The second-order valence-electron chi connectivity index (χ2n) is 9.60. The van der Waals surface area contributed by atoms with Crippen LogP contribution in [0, 0.1) is 0 Å². The molecule has 186 valence electrons. The van der Waals surface area contributed by atoms with Crippen LogP contribution in [-0.4, -0.2) is 14.9 Å². The Morgan fingerprint density at radius 3 is 1.71 bits per heavy atom. The van der Waals surface area contributed by atoms with Crippen molar-refractivity contribution in [3.8, 4) is 0 Å². The number of hydrogen-bond acceptors (Lipinski definition) is 4. The molecule has 0 radical (unpaired) electrons. The molecule has 6 rings (SSSR count). The summed E-state index contributed by atoms with van der Waals surface area (Å²) in [5.74, 6) is 0. The first-order chi connectivity index (χ1) is 18.8. The summed E-state index contributed by atoms with van der Waals surface area (Å²) in [4.78, 5) is 11.6. The summed E-state index contributed by atoms with van der Waals surface area (Å²) in [6.07, 6.45) is 3.72. The Bertz CT molecular complexity index is 1550. The van der Waals surface area contributed by atoms with Crippen molar-refractivity contribution in [3.05, 3.63) is 150 Å². The number of hydrogen-bond donors (Lipinski definition) is 1. The van der Waals surface area contributed by atoms with Gasteiger partial charge in [-0.25, -0.2) is 0 Å². The van der Waals surface area contributed by atoms with Crippen LogP contribution in [0.2, 0.25) is 0 Å². The maximum absolute atomic E-state index is 4.58. The highest BCUT2D eigenvalue weighted by Crippen LogP contribution is 2.30. The minimum Gasteiger partial charge on any atom is -0.381 e. The number of para-hydroxylation sites is 1. The van der Waals surface area contributed by atoms with Crippen LogP contribution in [0.3, 0.4) is 0 Å². The van der Waals surface area contributed by atoms with Gasteiger partial charge < -0.3 is 5.32 Å². The molecule has 0 aliphatic carbocycles. The zero-order valence-corrected chi connectivity index (χ0v) is 21.3. The third-order valence-electron chi connectivity index (χ3n) is 6.97. The molecule has 0 saturated heterocycles. The topological polar surface area (TPSA) is 41.1 Å². The summed E-state index contributed by atoms with van der Waals surface area (Å²) < 4.78 is 0. The third-order valence-corrected chi connectivity index (χ3v) is 6.97. The van der Waals surface area contributed by atoms with Crippen LogP contribution in [-0.2, 0) is 26.2 Å². The van der Waals surface area contributed by atoms with E-state index in [0.717, 1.165) is 43.3 Å². The number of benzene rings is 4. The largest absolute Gasteiger partial charge is 0.381 e. The molecule has 4 aromatic carbocycles. The van der Waals surface area contributed by atoms with Crippen molar-refractivity contribution in [2.75, 3.05) is 5.32 Å². The molecule has 0 spiro atoms. The molecule has 0 unspecified atom stereocenters. The van der Waals surface area contributed by atoms with E-state index >= 15 is 0 Å². The minimum absolute atomic E-state index is 0.749. The Morgan fingerprint density at radius 2 is 1.11 bits per heavy atom. The Kier molecular flexibility index (Phi) is 7.05. The van der Waals surface area contributed by atoms with Crippen LogP contribution in [0.5, 0.6) is 0 Å². The van der Waals surface area contributed by atoms with E-state index in [0.29, 0.717) is 0 Å². The molecule has 0 amide bonds. The molecule has 0 fully saturated rings. The smallest absolute Gasteiger partial charge is 0.0544 e. The molecule has 0 atom stereocenters. The summed E-state index contributed by atoms with van der Waals surface area (Å²) in [5.41, 5.74) is 5.83. The number of anilines is 1. The van der Waals surface area contributed by atoms with E-state index in [1.165, 1.54) is 32.7 Å². The van der Waals surface area contributed by atoms with Crippen LogP contribution in [0.4, 0.5) is 5.69 Å². The van der Waals surface area contributed by atoms with E-state index in [9.17, 15) is 0 Å². The predicted octanol–water partition coefficient (Wildman–Crippen LogP) is 7.60. The van der Waals surface area contributed by atoms with Crippen molar-refractivity contribution >= 4 is 27.2 Å². The highest BCUT2D eigenvalue weighted by Gasteiger charge is 2.13. The number of nitrogens with zero attached hydrogens (tertiary/aromatic N) is 3. The van der Waals surface area contributed by atoms with Crippen molar-refractivity contribution in [2.45, 2.75) is 26.2 Å². The number of aromatic nitrogens is 2. The lowest BCUT2D eigenvalue weighted by Crippen LogP contribution is -2.24. The molecule has 0 aliphatic heterocycles. The summed E-state index contributed by atoms with van der Waals surface area (Å²) in [6, 6.07) is 40.4. The van der Waals surface area contributed by atoms with E-state index in [1.54, 1.807) is 0 Å². The summed E-state index contributed by atoms with van der Waals surface area (Å²) >= 11 is 0. The first-order valence-electron chi connectivity index (χ1n) is 13.1. The highest BCUT2D eigenvalue weighted by molar-refractivity contribution is 6.02. The van der Waals surface area contributed by atoms with Crippen LogP contribution in [0.25, 0.3) is 21.5 Å². The van der Waals surface area contributed by atoms with Gasteiger partial charge in [0, 0.05) is 44.3 Å². The van der Waals surface area contributed by atoms with E-state index in [-0.39, 0.29) is 0 Å². The van der Waals surface area contributed by atoms with Gasteiger partial charge in [-0.1, -0.05) is 78.9 Å².